The molecule has 0 spiro atoms. The minimum Gasteiger partial charge on any atom is -0.381 e. The van der Waals surface area contributed by atoms with Crippen LogP contribution in [0.4, 0.5) is 4.79 Å². The Labute approximate surface area is 136 Å². The van der Waals surface area contributed by atoms with Crippen LogP contribution in [0.1, 0.15) is 25.8 Å². The first kappa shape index (κ1) is 18.0. The molecule has 1 N–H and O–H groups in total. The second-order valence-electron chi connectivity index (χ2n) is 5.50. The van der Waals surface area contributed by atoms with Crippen molar-refractivity contribution in [3.8, 4) is 0 Å². The van der Waals surface area contributed by atoms with Gasteiger partial charge in [-0.05, 0) is 24.0 Å². The number of hydrogen-bond acceptors (Lipinski definition) is 2. The molecular weight excluding hydrogens is 332 g/mol. The lowest BCUT2D eigenvalue weighted by molar-refractivity contribution is 0.108. The molecular formula is C16H25BrN2O2. The van der Waals surface area contributed by atoms with Gasteiger partial charge in [0.25, 0.3) is 0 Å². The van der Waals surface area contributed by atoms with Crippen molar-refractivity contribution in [1.29, 1.82) is 0 Å². The number of nitrogens with one attached hydrogen (secondary N) is 1. The summed E-state index contributed by atoms with van der Waals surface area (Å²) >= 11 is 3.49. The van der Waals surface area contributed by atoms with E-state index in [1.807, 2.05) is 24.3 Å². The highest BCUT2D eigenvalue weighted by molar-refractivity contribution is 9.10. The van der Waals surface area contributed by atoms with E-state index in [0.717, 1.165) is 23.1 Å². The molecule has 0 heterocycles. The summed E-state index contributed by atoms with van der Waals surface area (Å²) in [6.07, 6.45) is 0.835. The van der Waals surface area contributed by atoms with Gasteiger partial charge in [0.1, 0.15) is 0 Å². The topological polar surface area (TPSA) is 41.6 Å². The van der Waals surface area contributed by atoms with Crippen LogP contribution in [0.3, 0.4) is 0 Å². The van der Waals surface area contributed by atoms with Gasteiger partial charge in [0.15, 0.2) is 0 Å². The predicted octanol–water partition coefficient (Wildman–Crippen LogP) is 3.65. The third-order valence-corrected chi connectivity index (χ3v) is 3.68. The molecule has 0 atom stereocenters. The average molecular weight is 357 g/mol. The number of nitrogens with zero attached hydrogens (tertiary/aromatic N) is 1. The minimum absolute atomic E-state index is 0.0605. The van der Waals surface area contributed by atoms with Crippen LogP contribution in [-0.2, 0) is 11.3 Å². The fourth-order valence-corrected chi connectivity index (χ4v) is 2.19. The van der Waals surface area contributed by atoms with Crippen LogP contribution < -0.4 is 5.32 Å². The molecule has 118 valence electrons. The molecule has 0 aliphatic rings. The van der Waals surface area contributed by atoms with Crippen LogP contribution in [0.2, 0.25) is 0 Å². The number of carbonyl (C=O) groups excluding carboxylic acids is 1. The Bertz CT molecular complexity index is 438. The minimum atomic E-state index is -0.0605. The van der Waals surface area contributed by atoms with Crippen molar-refractivity contribution < 1.29 is 9.53 Å². The quantitative estimate of drug-likeness (QED) is 0.722. The maximum Gasteiger partial charge on any atom is 0.317 e. The van der Waals surface area contributed by atoms with E-state index in [4.69, 9.17) is 4.74 Å². The number of rotatable bonds is 8. The molecule has 0 unspecified atom stereocenters. The number of amides is 2. The van der Waals surface area contributed by atoms with Crippen molar-refractivity contribution >= 4 is 22.0 Å². The highest BCUT2D eigenvalue weighted by Crippen LogP contribution is 2.17. The van der Waals surface area contributed by atoms with Crippen LogP contribution in [0, 0.1) is 5.92 Å². The predicted molar refractivity (Wildman–Crippen MR) is 89.3 cm³/mol. The largest absolute Gasteiger partial charge is 0.381 e. The second-order valence-corrected chi connectivity index (χ2v) is 6.36. The number of halogens is 1. The first-order valence-electron chi connectivity index (χ1n) is 7.30. The van der Waals surface area contributed by atoms with Gasteiger partial charge in [-0.1, -0.05) is 48.0 Å². The standard InChI is InChI=1S/C16H25BrN2O2/c1-13(2)12-21-10-6-9-18-16(20)19(3)11-14-7-4-5-8-15(14)17/h4-5,7-8,13H,6,9-12H2,1-3H3,(H,18,20). The molecule has 5 heteroatoms. The molecule has 0 radical (unpaired) electrons. The van der Waals surface area contributed by atoms with Crippen LogP contribution in [0.25, 0.3) is 0 Å². The first-order chi connectivity index (χ1) is 10.0. The van der Waals surface area contributed by atoms with Crippen molar-refractivity contribution in [1.82, 2.24) is 10.2 Å². The lowest BCUT2D eigenvalue weighted by Gasteiger charge is -2.18. The SMILES string of the molecule is CC(C)COCCCNC(=O)N(C)Cc1ccccc1Br. The molecule has 1 aromatic rings. The molecule has 4 nitrogen and oxygen atoms in total. The van der Waals surface area contributed by atoms with Crippen molar-refractivity contribution in [2.75, 3.05) is 26.8 Å². The third kappa shape index (κ3) is 7.48. The van der Waals surface area contributed by atoms with Gasteiger partial charge in [-0.25, -0.2) is 4.79 Å². The van der Waals surface area contributed by atoms with Crippen molar-refractivity contribution in [3.05, 3.63) is 34.3 Å². The van der Waals surface area contributed by atoms with E-state index in [1.54, 1.807) is 11.9 Å². The normalized spacial score (nSPS) is 10.7. The zero-order valence-corrected chi connectivity index (χ0v) is 14.6. The van der Waals surface area contributed by atoms with Gasteiger partial charge >= 0.3 is 6.03 Å². The van der Waals surface area contributed by atoms with Crippen LogP contribution in [0.15, 0.2) is 28.7 Å². The van der Waals surface area contributed by atoms with Gasteiger partial charge in [-0.2, -0.15) is 0 Å². The van der Waals surface area contributed by atoms with Gasteiger partial charge in [0.2, 0.25) is 0 Å². The summed E-state index contributed by atoms with van der Waals surface area (Å²) in [6.45, 7) is 6.92. The molecule has 1 rings (SSSR count). The van der Waals surface area contributed by atoms with Gasteiger partial charge in [0, 0.05) is 37.8 Å². The summed E-state index contributed by atoms with van der Waals surface area (Å²) in [5.74, 6) is 0.551. The Morgan fingerprint density at radius 1 is 1.38 bits per heavy atom. The molecule has 0 aliphatic heterocycles. The molecule has 0 aromatic heterocycles. The number of carbonyl (C=O) groups is 1. The van der Waals surface area contributed by atoms with E-state index in [0.29, 0.717) is 25.6 Å². The monoisotopic (exact) mass is 356 g/mol. The van der Waals surface area contributed by atoms with Gasteiger partial charge in [0.05, 0.1) is 0 Å². The van der Waals surface area contributed by atoms with Crippen molar-refractivity contribution in [2.24, 2.45) is 5.92 Å². The fraction of sp³-hybridized carbons (Fsp3) is 0.562. The highest BCUT2D eigenvalue weighted by atomic mass is 79.9. The Morgan fingerprint density at radius 3 is 2.76 bits per heavy atom. The molecule has 0 saturated heterocycles. The van der Waals surface area contributed by atoms with Gasteiger partial charge in [-0.15, -0.1) is 0 Å². The van der Waals surface area contributed by atoms with Crippen LogP contribution in [-0.4, -0.2) is 37.7 Å². The molecule has 0 aliphatic carbocycles. The smallest absolute Gasteiger partial charge is 0.317 e. The van der Waals surface area contributed by atoms with E-state index < -0.39 is 0 Å². The van der Waals surface area contributed by atoms with Gasteiger partial charge < -0.3 is 15.0 Å². The van der Waals surface area contributed by atoms with Crippen LogP contribution in [0.5, 0.6) is 0 Å². The highest BCUT2D eigenvalue weighted by Gasteiger charge is 2.09. The molecule has 21 heavy (non-hydrogen) atoms. The summed E-state index contributed by atoms with van der Waals surface area (Å²) in [5, 5.41) is 2.90. The summed E-state index contributed by atoms with van der Waals surface area (Å²) in [6, 6.07) is 7.86. The summed E-state index contributed by atoms with van der Waals surface area (Å²) in [5.41, 5.74) is 1.09. The zero-order valence-electron chi connectivity index (χ0n) is 13.1. The lowest BCUT2D eigenvalue weighted by Crippen LogP contribution is -2.37. The Morgan fingerprint density at radius 2 is 2.10 bits per heavy atom. The Kier molecular flexibility index (Phi) is 8.38. The van der Waals surface area contributed by atoms with Crippen molar-refractivity contribution in [3.63, 3.8) is 0 Å². The zero-order chi connectivity index (χ0) is 15.7. The molecule has 2 amide bonds. The average Bonchev–Trinajstić information content (AvgIpc) is 2.44. The molecule has 0 fully saturated rings. The van der Waals surface area contributed by atoms with Gasteiger partial charge in [-0.3, -0.25) is 0 Å². The number of ether oxygens (including phenoxy) is 1. The number of urea groups is 1. The Balaban J connectivity index is 2.21. The lowest BCUT2D eigenvalue weighted by atomic mass is 10.2. The van der Waals surface area contributed by atoms with Crippen LogP contribution >= 0.6 is 15.9 Å². The van der Waals surface area contributed by atoms with E-state index in [-0.39, 0.29) is 6.03 Å². The summed E-state index contributed by atoms with van der Waals surface area (Å²) in [4.78, 5) is 13.6. The van der Waals surface area contributed by atoms with E-state index >= 15 is 0 Å². The van der Waals surface area contributed by atoms with Crippen molar-refractivity contribution in [2.45, 2.75) is 26.8 Å². The maximum atomic E-state index is 12.0. The molecule has 0 saturated carbocycles. The second kappa shape index (κ2) is 9.79. The number of benzene rings is 1. The third-order valence-electron chi connectivity index (χ3n) is 2.90. The Hall–Kier alpha value is -1.07. The summed E-state index contributed by atoms with van der Waals surface area (Å²) in [7, 11) is 1.80. The van der Waals surface area contributed by atoms with E-state index in [2.05, 4.69) is 35.1 Å². The summed E-state index contributed by atoms with van der Waals surface area (Å²) < 4.78 is 6.50. The molecule has 0 bridgehead atoms. The molecule has 1 aromatic carbocycles. The fourth-order valence-electron chi connectivity index (χ4n) is 1.78. The van der Waals surface area contributed by atoms with E-state index in [1.165, 1.54) is 0 Å². The first-order valence-corrected chi connectivity index (χ1v) is 8.10. The number of hydrogen-bond donors (Lipinski definition) is 1. The van der Waals surface area contributed by atoms with E-state index in [9.17, 15) is 4.79 Å². The maximum absolute atomic E-state index is 12.0.